The van der Waals surface area contributed by atoms with Gasteiger partial charge in [-0.3, -0.25) is 0 Å². The van der Waals surface area contributed by atoms with Crippen molar-refractivity contribution in [3.63, 3.8) is 0 Å². The van der Waals surface area contributed by atoms with E-state index in [-0.39, 0.29) is 17.1 Å². The van der Waals surface area contributed by atoms with E-state index in [0.717, 1.165) is 0 Å². The van der Waals surface area contributed by atoms with Gasteiger partial charge in [0, 0.05) is 17.1 Å². The monoisotopic (exact) mass is 95.0 g/mol. The third-order valence-electron chi connectivity index (χ3n) is 0. The van der Waals surface area contributed by atoms with E-state index >= 15 is 0 Å². The van der Waals surface area contributed by atoms with Crippen LogP contribution in [0.4, 0.5) is 0 Å². The van der Waals surface area contributed by atoms with Crippen molar-refractivity contribution >= 4 is 0 Å². The fourth-order valence-electron chi connectivity index (χ4n) is 0. The summed E-state index contributed by atoms with van der Waals surface area (Å²) in [5.41, 5.74) is 2.00. The largest absolute Gasteiger partial charge is 0.342 e. The Hall–Kier alpha value is 0.0395. The first kappa shape index (κ1) is 8.97. The van der Waals surface area contributed by atoms with Crippen molar-refractivity contribution in [3.05, 3.63) is 18.9 Å². The smallest absolute Gasteiger partial charge is 0 e. The molecule has 24 valence electrons. The van der Waals surface area contributed by atoms with Gasteiger partial charge in [-0.15, -0.1) is 0 Å². The van der Waals surface area contributed by atoms with E-state index in [0.29, 0.717) is 0 Å². The van der Waals surface area contributed by atoms with Crippen LogP contribution in [-0.2, 0) is 17.1 Å². The van der Waals surface area contributed by atoms with Gasteiger partial charge < -0.3 is 5.73 Å². The minimum atomic E-state index is 0. The zero-order valence-corrected chi connectivity index (χ0v) is 3.24. The minimum Gasteiger partial charge on any atom is -0.342 e. The molecule has 1 heteroatoms. The van der Waals surface area contributed by atoms with E-state index < -0.39 is 0 Å². The minimum absolute atomic E-state index is 0. The number of hydrogen-bond acceptors (Lipinski definition) is 0. The Bertz CT molecular complexity index is 24.3. The standard InChI is InChI=1S/C3H3.Fe/c1-3-2;/h1H,2H2;/q-1;. The second kappa shape index (κ2) is 11.7. The molecule has 0 aliphatic rings. The van der Waals surface area contributed by atoms with E-state index in [4.69, 9.17) is 0 Å². The summed E-state index contributed by atoms with van der Waals surface area (Å²) in [6.07, 6.45) is 0. The average molecular weight is 94.9 g/mol. The predicted molar refractivity (Wildman–Crippen MR) is 13.4 cm³/mol. The summed E-state index contributed by atoms with van der Waals surface area (Å²) in [5, 5.41) is 0. The van der Waals surface area contributed by atoms with Gasteiger partial charge in [-0.25, -0.2) is 13.2 Å². The molecule has 4 heavy (non-hydrogen) atoms. The first-order chi connectivity index (χ1) is 1.41. The molecule has 0 aromatic heterocycles. The molecule has 0 bridgehead atoms. The zero-order valence-electron chi connectivity index (χ0n) is 2.14. The summed E-state index contributed by atoms with van der Waals surface area (Å²) >= 11 is 0. The molecule has 0 saturated heterocycles. The van der Waals surface area contributed by atoms with Gasteiger partial charge in [0.25, 0.3) is 0 Å². The molecule has 0 rings (SSSR count). The summed E-state index contributed by atoms with van der Waals surface area (Å²) in [5.74, 6) is 0. The summed E-state index contributed by atoms with van der Waals surface area (Å²) < 4.78 is 0. The first-order valence-corrected chi connectivity index (χ1v) is 0.642. The molecule has 0 radical (unpaired) electrons. The molecule has 0 amide bonds. The van der Waals surface area contributed by atoms with Crippen LogP contribution in [0.2, 0.25) is 0 Å². The zero-order chi connectivity index (χ0) is 2.71. The number of hydrogen-bond donors (Lipinski definition) is 0. The maximum absolute atomic E-state index is 4.49. The van der Waals surface area contributed by atoms with Gasteiger partial charge in [0.1, 0.15) is 0 Å². The Kier molecular flexibility index (Phi) is 26.2. The van der Waals surface area contributed by atoms with Gasteiger partial charge in [-0.05, 0) is 0 Å². The van der Waals surface area contributed by atoms with Crippen molar-refractivity contribution in [2.24, 2.45) is 0 Å². The molecule has 0 spiro atoms. The molecular formula is C3H3Fe-. The Morgan fingerprint density at radius 1 is 1.75 bits per heavy atom. The topological polar surface area (TPSA) is 0 Å². The molecule has 0 N–H and O–H groups in total. The van der Waals surface area contributed by atoms with Gasteiger partial charge >= 0.3 is 0 Å². The Balaban J connectivity index is 0. The molecule has 0 aliphatic heterocycles. The maximum Gasteiger partial charge on any atom is 0 e. The van der Waals surface area contributed by atoms with Crippen LogP contribution in [0.25, 0.3) is 0 Å². The molecule has 0 aromatic rings. The van der Waals surface area contributed by atoms with Crippen molar-refractivity contribution < 1.29 is 17.1 Å². The normalized spacial score (nSPS) is 2.00. The van der Waals surface area contributed by atoms with Crippen molar-refractivity contribution in [2.75, 3.05) is 0 Å². The quantitative estimate of drug-likeness (QED) is 0.236. The van der Waals surface area contributed by atoms with E-state index in [1.807, 2.05) is 5.73 Å². The third kappa shape index (κ3) is 1410. The average Bonchev–Trinajstić information content (AvgIpc) is 0.918. The first-order valence-electron chi connectivity index (χ1n) is 0.642. The van der Waals surface area contributed by atoms with Crippen LogP contribution in [0.3, 0.4) is 0 Å². The summed E-state index contributed by atoms with van der Waals surface area (Å²) in [6, 6.07) is 0. The summed E-state index contributed by atoms with van der Waals surface area (Å²) in [7, 11) is 0. The second-order valence-electron chi connectivity index (χ2n) is 0.204. The van der Waals surface area contributed by atoms with E-state index in [1.54, 1.807) is 0 Å². The van der Waals surface area contributed by atoms with Gasteiger partial charge in [0.15, 0.2) is 0 Å². The van der Waals surface area contributed by atoms with Crippen molar-refractivity contribution in [3.8, 4) is 0 Å². The van der Waals surface area contributed by atoms with Crippen molar-refractivity contribution in [1.29, 1.82) is 0 Å². The van der Waals surface area contributed by atoms with E-state index in [1.165, 1.54) is 0 Å². The molecular weight excluding hydrogens is 91.9 g/mol. The molecule has 0 saturated carbocycles. The van der Waals surface area contributed by atoms with E-state index in [2.05, 4.69) is 13.2 Å². The predicted octanol–water partition coefficient (Wildman–Crippen LogP) is 0.758. The van der Waals surface area contributed by atoms with Gasteiger partial charge in [0.2, 0.25) is 0 Å². The Labute approximate surface area is 36.7 Å². The van der Waals surface area contributed by atoms with E-state index in [9.17, 15) is 0 Å². The third-order valence-corrected chi connectivity index (χ3v) is 0. The van der Waals surface area contributed by atoms with Crippen LogP contribution in [0.15, 0.2) is 12.3 Å². The Morgan fingerprint density at radius 2 is 1.75 bits per heavy atom. The molecule has 0 heterocycles. The van der Waals surface area contributed by atoms with Crippen molar-refractivity contribution in [2.45, 2.75) is 0 Å². The van der Waals surface area contributed by atoms with Crippen LogP contribution in [0, 0.1) is 6.58 Å². The fourth-order valence-corrected chi connectivity index (χ4v) is 0. The summed E-state index contributed by atoms with van der Waals surface area (Å²) in [4.78, 5) is 0. The SMILES string of the molecule is [CH-]=C=C.[Fe]. The molecule has 0 unspecified atom stereocenters. The molecule has 0 aromatic carbocycles. The van der Waals surface area contributed by atoms with Crippen LogP contribution in [0.1, 0.15) is 0 Å². The van der Waals surface area contributed by atoms with Crippen LogP contribution >= 0.6 is 0 Å². The number of rotatable bonds is 0. The maximum atomic E-state index is 4.49. The van der Waals surface area contributed by atoms with Gasteiger partial charge in [-0.2, -0.15) is 0 Å². The van der Waals surface area contributed by atoms with Crippen LogP contribution < -0.4 is 0 Å². The van der Waals surface area contributed by atoms with Gasteiger partial charge in [0.05, 0.1) is 0 Å². The second-order valence-corrected chi connectivity index (χ2v) is 0.204. The fraction of sp³-hybridized carbons (Fsp3) is 0. The molecule has 0 fully saturated rings. The van der Waals surface area contributed by atoms with Crippen LogP contribution in [0.5, 0.6) is 0 Å². The van der Waals surface area contributed by atoms with Gasteiger partial charge in [-0.1, -0.05) is 0 Å². The molecule has 0 atom stereocenters. The molecule has 0 nitrogen and oxygen atoms in total. The molecule has 0 aliphatic carbocycles. The Morgan fingerprint density at radius 3 is 1.75 bits per heavy atom. The van der Waals surface area contributed by atoms with Crippen molar-refractivity contribution in [1.82, 2.24) is 0 Å². The summed E-state index contributed by atoms with van der Waals surface area (Å²) in [6.45, 7) is 7.50. The van der Waals surface area contributed by atoms with Crippen LogP contribution in [-0.4, -0.2) is 0 Å².